The van der Waals surface area contributed by atoms with Crippen LogP contribution in [0, 0.1) is 12.7 Å². The number of hydrazone groups is 1. The Morgan fingerprint density at radius 2 is 1.59 bits per heavy atom. The van der Waals surface area contributed by atoms with Gasteiger partial charge in [-0.3, -0.25) is 9.10 Å². The average molecular weight is 536 g/mol. The lowest BCUT2D eigenvalue weighted by molar-refractivity contribution is 0.0955. The van der Waals surface area contributed by atoms with Crippen molar-refractivity contribution in [3.8, 4) is 0 Å². The first-order valence-corrected chi connectivity index (χ1v) is 13.1. The minimum atomic E-state index is -4.07. The fourth-order valence-electron chi connectivity index (χ4n) is 3.58. The zero-order chi connectivity index (χ0) is 26.4. The Morgan fingerprint density at radius 1 is 0.946 bits per heavy atom. The number of benzene rings is 4. The van der Waals surface area contributed by atoms with Gasteiger partial charge in [0.2, 0.25) is 0 Å². The predicted octanol–water partition coefficient (Wildman–Crippen LogP) is 5.95. The number of rotatable bonds is 8. The number of amides is 1. The number of carbonyl (C=O) groups excluding carboxylic acids is 1. The van der Waals surface area contributed by atoms with Gasteiger partial charge < -0.3 is 0 Å². The number of hydrogen-bond acceptors (Lipinski definition) is 4. The Hall–Kier alpha value is -4.01. The lowest BCUT2D eigenvalue weighted by Gasteiger charge is -2.26. The molecular weight excluding hydrogens is 513 g/mol. The molecule has 188 valence electrons. The van der Waals surface area contributed by atoms with Crippen molar-refractivity contribution in [3.63, 3.8) is 0 Å². The summed E-state index contributed by atoms with van der Waals surface area (Å²) in [6.07, 6.45) is 1.18. The minimum absolute atomic E-state index is 0.0455. The normalized spacial score (nSPS) is 11.4. The topological polar surface area (TPSA) is 78.8 Å². The minimum Gasteiger partial charge on any atom is -0.267 e. The van der Waals surface area contributed by atoms with Crippen LogP contribution in [-0.4, -0.2) is 20.5 Å². The van der Waals surface area contributed by atoms with Gasteiger partial charge in [-0.15, -0.1) is 0 Å². The first kappa shape index (κ1) is 26.1. The zero-order valence-electron chi connectivity index (χ0n) is 19.8. The van der Waals surface area contributed by atoms with E-state index in [-0.39, 0.29) is 28.3 Å². The summed E-state index contributed by atoms with van der Waals surface area (Å²) < 4.78 is 42.7. The molecule has 1 amide bonds. The Bertz CT molecular complexity index is 1540. The van der Waals surface area contributed by atoms with Crippen LogP contribution < -0.4 is 9.73 Å². The van der Waals surface area contributed by atoms with E-state index in [2.05, 4.69) is 10.5 Å². The molecule has 0 unspecified atom stereocenters. The summed E-state index contributed by atoms with van der Waals surface area (Å²) in [6, 6.07) is 25.6. The maximum absolute atomic E-state index is 13.9. The molecule has 0 atom stereocenters. The second-order valence-corrected chi connectivity index (χ2v) is 10.5. The smallest absolute Gasteiger partial charge is 0.267 e. The molecule has 37 heavy (non-hydrogen) atoms. The molecule has 0 heterocycles. The molecule has 4 rings (SSSR count). The van der Waals surface area contributed by atoms with Crippen LogP contribution >= 0.6 is 11.6 Å². The first-order chi connectivity index (χ1) is 17.8. The Kier molecular flexibility index (Phi) is 8.01. The highest BCUT2D eigenvalue weighted by Crippen LogP contribution is 2.30. The highest BCUT2D eigenvalue weighted by Gasteiger charge is 2.28. The number of carbonyl (C=O) groups is 1. The number of sulfonamides is 1. The Morgan fingerprint density at radius 3 is 2.30 bits per heavy atom. The van der Waals surface area contributed by atoms with Crippen molar-refractivity contribution in [1.29, 1.82) is 0 Å². The van der Waals surface area contributed by atoms with Crippen LogP contribution in [0.25, 0.3) is 0 Å². The number of halogens is 2. The van der Waals surface area contributed by atoms with Crippen molar-refractivity contribution in [2.45, 2.75) is 18.4 Å². The van der Waals surface area contributed by atoms with Crippen molar-refractivity contribution < 1.29 is 17.6 Å². The van der Waals surface area contributed by atoms with E-state index in [1.54, 1.807) is 66.7 Å². The van der Waals surface area contributed by atoms with E-state index >= 15 is 0 Å². The summed E-state index contributed by atoms with van der Waals surface area (Å²) in [5.74, 6) is -1.14. The molecule has 6 nitrogen and oxygen atoms in total. The number of nitrogens with zero attached hydrogens (tertiary/aromatic N) is 2. The molecule has 0 fully saturated rings. The predicted molar refractivity (Wildman–Crippen MR) is 144 cm³/mol. The van der Waals surface area contributed by atoms with Gasteiger partial charge in [0.15, 0.2) is 0 Å². The zero-order valence-corrected chi connectivity index (χ0v) is 21.4. The number of para-hydroxylation sites is 1. The molecule has 0 aliphatic rings. The largest absolute Gasteiger partial charge is 0.273 e. The fraction of sp³-hybridized carbons (Fsp3) is 0.0714. The molecule has 0 aliphatic carbocycles. The second kappa shape index (κ2) is 11.4. The second-order valence-electron chi connectivity index (χ2n) is 8.19. The van der Waals surface area contributed by atoms with Gasteiger partial charge >= 0.3 is 0 Å². The molecule has 0 radical (unpaired) electrons. The highest BCUT2D eigenvalue weighted by molar-refractivity contribution is 7.92. The third-order valence-electron chi connectivity index (χ3n) is 5.54. The Balaban J connectivity index is 1.72. The molecule has 4 aromatic rings. The standard InChI is InChI=1S/C28H23ClFN3O3S/c1-20-10-16-24(17-11-20)37(35,36)33(19-21-12-14-23(29)15-13-21)27-9-5-3-7-25(27)28(34)32-31-18-22-6-2-4-8-26(22)30/h2-18H,19H2,1H3,(H,32,34)/b31-18-. The van der Waals surface area contributed by atoms with Gasteiger partial charge in [-0.05, 0) is 55.0 Å². The number of hydrogen-bond donors (Lipinski definition) is 1. The number of anilines is 1. The maximum Gasteiger partial charge on any atom is 0.273 e. The number of aryl methyl sites for hydroxylation is 1. The summed E-state index contributed by atoms with van der Waals surface area (Å²) in [6.45, 7) is 1.82. The van der Waals surface area contributed by atoms with E-state index < -0.39 is 21.7 Å². The van der Waals surface area contributed by atoms with Gasteiger partial charge in [0, 0.05) is 10.6 Å². The van der Waals surface area contributed by atoms with Crippen molar-refractivity contribution in [2.24, 2.45) is 5.10 Å². The van der Waals surface area contributed by atoms with Crippen molar-refractivity contribution >= 4 is 39.4 Å². The molecule has 4 aromatic carbocycles. The van der Waals surface area contributed by atoms with Gasteiger partial charge in [-0.1, -0.05) is 71.8 Å². The summed E-state index contributed by atoms with van der Waals surface area (Å²) in [4.78, 5) is 13.2. The van der Waals surface area contributed by atoms with E-state index in [1.807, 2.05) is 6.92 Å². The number of nitrogens with one attached hydrogen (secondary N) is 1. The van der Waals surface area contributed by atoms with E-state index in [4.69, 9.17) is 11.6 Å². The third kappa shape index (κ3) is 6.22. The van der Waals surface area contributed by atoms with Crippen molar-refractivity contribution in [3.05, 3.63) is 130 Å². The molecule has 0 bridgehead atoms. The molecule has 0 aromatic heterocycles. The maximum atomic E-state index is 13.9. The lowest BCUT2D eigenvalue weighted by atomic mass is 10.1. The molecule has 0 saturated carbocycles. The third-order valence-corrected chi connectivity index (χ3v) is 7.57. The van der Waals surface area contributed by atoms with Crippen molar-refractivity contribution in [1.82, 2.24) is 5.43 Å². The van der Waals surface area contributed by atoms with Crippen LogP contribution in [-0.2, 0) is 16.6 Å². The van der Waals surface area contributed by atoms with Crippen LogP contribution in [0.3, 0.4) is 0 Å². The van der Waals surface area contributed by atoms with Crippen LogP contribution in [0.15, 0.2) is 107 Å². The SMILES string of the molecule is Cc1ccc(S(=O)(=O)N(Cc2ccc(Cl)cc2)c2ccccc2C(=O)N/N=C\c2ccccc2F)cc1. The monoisotopic (exact) mass is 535 g/mol. The fourth-order valence-corrected chi connectivity index (χ4v) is 5.17. The van der Waals surface area contributed by atoms with Crippen LogP contribution in [0.1, 0.15) is 27.0 Å². The van der Waals surface area contributed by atoms with Gasteiger partial charge in [0.25, 0.3) is 15.9 Å². The summed E-state index contributed by atoms with van der Waals surface area (Å²) in [7, 11) is -4.07. The molecule has 0 spiro atoms. The average Bonchev–Trinajstić information content (AvgIpc) is 2.89. The van der Waals surface area contributed by atoms with E-state index in [0.29, 0.717) is 10.6 Å². The van der Waals surface area contributed by atoms with Gasteiger partial charge in [0.05, 0.1) is 28.9 Å². The summed E-state index contributed by atoms with van der Waals surface area (Å²) >= 11 is 6.01. The first-order valence-electron chi connectivity index (χ1n) is 11.3. The van der Waals surface area contributed by atoms with E-state index in [9.17, 15) is 17.6 Å². The van der Waals surface area contributed by atoms with E-state index in [0.717, 1.165) is 5.56 Å². The van der Waals surface area contributed by atoms with Gasteiger partial charge in [-0.2, -0.15) is 5.10 Å². The quantitative estimate of drug-likeness (QED) is 0.224. The molecule has 0 saturated heterocycles. The Labute approximate surface area is 220 Å². The summed E-state index contributed by atoms with van der Waals surface area (Å²) in [5, 5.41) is 4.37. The molecule has 1 N–H and O–H groups in total. The van der Waals surface area contributed by atoms with Gasteiger partial charge in [-0.25, -0.2) is 18.2 Å². The van der Waals surface area contributed by atoms with Crippen molar-refractivity contribution in [2.75, 3.05) is 4.31 Å². The van der Waals surface area contributed by atoms with E-state index in [1.165, 1.54) is 40.9 Å². The molecular formula is C28H23ClFN3O3S. The highest BCUT2D eigenvalue weighted by atomic mass is 35.5. The summed E-state index contributed by atoms with van der Waals surface area (Å²) in [5.41, 5.74) is 4.39. The molecule has 9 heteroatoms. The van der Waals surface area contributed by atoms with Crippen LogP contribution in [0.4, 0.5) is 10.1 Å². The van der Waals surface area contributed by atoms with Crippen LogP contribution in [0.2, 0.25) is 5.02 Å². The van der Waals surface area contributed by atoms with Gasteiger partial charge in [0.1, 0.15) is 5.82 Å². The van der Waals surface area contributed by atoms with Crippen LogP contribution in [0.5, 0.6) is 0 Å². The molecule has 0 aliphatic heterocycles. The lowest BCUT2D eigenvalue weighted by Crippen LogP contribution is -2.33.